The Morgan fingerprint density at radius 2 is 1.42 bits per heavy atom. The Labute approximate surface area is 145 Å². The van der Waals surface area contributed by atoms with Gasteiger partial charge in [-0.15, -0.1) is 0 Å². The van der Waals surface area contributed by atoms with Crippen molar-refractivity contribution in [2.75, 3.05) is 11.1 Å². The Morgan fingerprint density at radius 1 is 0.917 bits per heavy atom. The fourth-order valence-electron chi connectivity index (χ4n) is 1.61. The summed E-state index contributed by atoms with van der Waals surface area (Å²) in [6, 6.07) is 1.30. The van der Waals surface area contributed by atoms with Crippen LogP contribution in [0.3, 0.4) is 0 Å². The van der Waals surface area contributed by atoms with E-state index >= 15 is 0 Å². The van der Waals surface area contributed by atoms with E-state index in [1.807, 2.05) is 0 Å². The molecule has 0 fully saturated rings. The lowest BCUT2D eigenvalue weighted by molar-refractivity contribution is 0.482. The predicted octanol–water partition coefficient (Wildman–Crippen LogP) is 0.998. The molecule has 0 aliphatic heterocycles. The molecule has 5 N–H and O–H groups in total. The third-order valence-corrected chi connectivity index (χ3v) is 4.64. The zero-order valence-electron chi connectivity index (χ0n) is 11.2. The summed E-state index contributed by atoms with van der Waals surface area (Å²) in [4.78, 5) is 8.89. The van der Waals surface area contributed by atoms with Crippen LogP contribution in [0.25, 0.3) is 0 Å². The number of nitrogen functional groups attached to an aromatic ring is 1. The number of aromatic nitrogens is 3. The minimum absolute atomic E-state index is 0.302. The van der Waals surface area contributed by atoms with Crippen molar-refractivity contribution in [1.29, 1.82) is 0 Å². The Morgan fingerprint density at radius 3 is 1.88 bits per heavy atom. The van der Waals surface area contributed by atoms with Gasteiger partial charge in [-0.2, -0.15) is 31.8 Å². The monoisotopic (exact) mass is 415 g/mol. The van der Waals surface area contributed by atoms with E-state index in [0.29, 0.717) is 6.07 Å². The average Bonchev–Trinajstić information content (AvgIpc) is 2.33. The Balaban J connectivity index is 2.67. The summed E-state index contributed by atoms with van der Waals surface area (Å²) < 4.78 is 63.6. The third-order valence-electron chi connectivity index (χ3n) is 2.50. The number of halogens is 2. The van der Waals surface area contributed by atoms with E-state index in [2.05, 4.69) is 20.3 Å². The maximum absolute atomic E-state index is 11.5. The van der Waals surface area contributed by atoms with Crippen LogP contribution in [0.2, 0.25) is 10.6 Å². The van der Waals surface area contributed by atoms with Gasteiger partial charge in [0.2, 0.25) is 16.5 Å². The van der Waals surface area contributed by atoms with Crippen molar-refractivity contribution in [3.05, 3.63) is 22.7 Å². The van der Waals surface area contributed by atoms with Gasteiger partial charge >= 0.3 is 0 Å². The van der Waals surface area contributed by atoms with Gasteiger partial charge in [-0.1, -0.05) is 0 Å². The molecule has 0 amide bonds. The maximum atomic E-state index is 11.5. The van der Waals surface area contributed by atoms with Gasteiger partial charge < -0.3 is 11.1 Å². The number of hydrogen-bond acceptors (Lipinski definition) is 9. The fraction of sp³-hybridized carbons (Fsp3) is 0. The van der Waals surface area contributed by atoms with E-state index in [-0.39, 0.29) is 22.2 Å². The molecule has 0 atom stereocenters. The summed E-state index contributed by atoms with van der Waals surface area (Å²) in [6.07, 6.45) is 0. The molecule has 0 bridgehead atoms. The van der Waals surface area contributed by atoms with Crippen molar-refractivity contribution in [1.82, 2.24) is 15.0 Å². The average molecular weight is 416 g/mol. The fourth-order valence-corrected chi connectivity index (χ4v) is 3.33. The molecule has 2 aromatic rings. The molecule has 0 aliphatic rings. The number of nitrogens with two attached hydrogens (primary N) is 1. The van der Waals surface area contributed by atoms with Crippen LogP contribution >= 0.6 is 23.2 Å². The van der Waals surface area contributed by atoms with E-state index < -0.39 is 35.7 Å². The summed E-state index contributed by atoms with van der Waals surface area (Å²) in [5, 5.41) is 1.73. The predicted molar refractivity (Wildman–Crippen MR) is 83.6 cm³/mol. The SMILES string of the molecule is Nc1cc(Nc2nc(Cl)nc(Cl)n2)c(S(=O)(=O)O)cc1S(=O)(=O)O. The normalized spacial score (nSPS) is 12.2. The quantitative estimate of drug-likeness (QED) is 0.411. The molecule has 0 unspecified atom stereocenters. The highest BCUT2D eigenvalue weighted by molar-refractivity contribution is 7.86. The van der Waals surface area contributed by atoms with Crippen LogP contribution in [0.15, 0.2) is 21.9 Å². The summed E-state index contributed by atoms with van der Waals surface area (Å²) in [5.41, 5.74) is 4.58. The molecule has 1 aromatic carbocycles. The van der Waals surface area contributed by atoms with Crippen molar-refractivity contribution in [2.45, 2.75) is 9.79 Å². The number of nitrogens with zero attached hydrogens (tertiary/aromatic N) is 3. The largest absolute Gasteiger partial charge is 0.398 e. The molecule has 1 aromatic heterocycles. The molecular formula is C9H7Cl2N5O6S2. The van der Waals surface area contributed by atoms with Gasteiger partial charge in [0, 0.05) is 0 Å². The molecular weight excluding hydrogens is 409 g/mol. The molecule has 11 nitrogen and oxygen atoms in total. The van der Waals surface area contributed by atoms with Gasteiger partial charge in [0.25, 0.3) is 20.2 Å². The second-order valence-electron chi connectivity index (χ2n) is 4.16. The van der Waals surface area contributed by atoms with Crippen LogP contribution in [-0.4, -0.2) is 40.9 Å². The van der Waals surface area contributed by atoms with Crippen molar-refractivity contribution >= 4 is 60.8 Å². The summed E-state index contributed by atoms with van der Waals surface area (Å²) in [6.45, 7) is 0. The third kappa shape index (κ3) is 4.19. The molecule has 0 saturated heterocycles. The zero-order valence-corrected chi connectivity index (χ0v) is 14.3. The van der Waals surface area contributed by atoms with Gasteiger partial charge in [0.05, 0.1) is 11.4 Å². The van der Waals surface area contributed by atoms with E-state index in [1.165, 1.54) is 0 Å². The smallest absolute Gasteiger partial charge is 0.296 e. The van der Waals surface area contributed by atoms with Gasteiger partial charge in [-0.05, 0) is 35.3 Å². The molecule has 130 valence electrons. The molecule has 15 heteroatoms. The lowest BCUT2D eigenvalue weighted by atomic mass is 10.3. The standard InChI is InChI=1S/C9H7Cl2N5O6S2/c10-7-14-8(11)16-9(15-7)13-4-1-3(12)5(23(17,18)19)2-6(4)24(20,21)22/h1-2H,12H2,(H,17,18,19)(H,20,21,22)(H,13,14,15,16). The second kappa shape index (κ2) is 6.27. The van der Waals surface area contributed by atoms with Gasteiger partial charge in [-0.3, -0.25) is 9.11 Å². The van der Waals surface area contributed by atoms with E-state index in [9.17, 15) is 21.4 Å². The Hall–Kier alpha value is -1.77. The van der Waals surface area contributed by atoms with Gasteiger partial charge in [0.1, 0.15) is 9.79 Å². The minimum Gasteiger partial charge on any atom is -0.398 e. The zero-order chi connectivity index (χ0) is 18.3. The summed E-state index contributed by atoms with van der Waals surface area (Å²) >= 11 is 11.1. The highest BCUT2D eigenvalue weighted by atomic mass is 35.5. The molecule has 0 radical (unpaired) electrons. The van der Waals surface area contributed by atoms with Crippen molar-refractivity contribution < 1.29 is 25.9 Å². The van der Waals surface area contributed by atoms with Gasteiger partial charge in [0.15, 0.2) is 0 Å². The summed E-state index contributed by atoms with van der Waals surface area (Å²) in [7, 11) is -9.74. The number of nitrogens with one attached hydrogen (secondary N) is 1. The van der Waals surface area contributed by atoms with Crippen molar-refractivity contribution in [3.63, 3.8) is 0 Å². The Bertz CT molecular complexity index is 1010. The van der Waals surface area contributed by atoms with E-state index in [1.54, 1.807) is 0 Å². The summed E-state index contributed by atoms with van der Waals surface area (Å²) in [5.74, 6) is -0.302. The molecule has 2 rings (SSSR count). The van der Waals surface area contributed by atoms with Gasteiger partial charge in [-0.25, -0.2) is 0 Å². The van der Waals surface area contributed by atoms with Crippen molar-refractivity contribution in [2.24, 2.45) is 0 Å². The first kappa shape index (κ1) is 18.6. The first-order valence-corrected chi connectivity index (χ1v) is 9.24. The van der Waals surface area contributed by atoms with Crippen LogP contribution in [0.1, 0.15) is 0 Å². The number of benzene rings is 1. The maximum Gasteiger partial charge on any atom is 0.296 e. The highest BCUT2D eigenvalue weighted by Crippen LogP contribution is 2.31. The first-order valence-electron chi connectivity index (χ1n) is 5.60. The lowest BCUT2D eigenvalue weighted by Gasteiger charge is -2.12. The van der Waals surface area contributed by atoms with E-state index in [0.717, 1.165) is 6.07 Å². The second-order valence-corrected chi connectivity index (χ2v) is 7.61. The van der Waals surface area contributed by atoms with Crippen LogP contribution in [-0.2, 0) is 20.2 Å². The van der Waals surface area contributed by atoms with Crippen molar-refractivity contribution in [3.8, 4) is 0 Å². The Kier molecular flexibility index (Phi) is 4.85. The number of anilines is 3. The topological polar surface area (TPSA) is 185 Å². The lowest BCUT2D eigenvalue weighted by Crippen LogP contribution is -2.10. The first-order chi connectivity index (χ1) is 10.9. The molecule has 0 aliphatic carbocycles. The molecule has 1 heterocycles. The van der Waals surface area contributed by atoms with Crippen LogP contribution in [0, 0.1) is 0 Å². The molecule has 0 saturated carbocycles. The highest BCUT2D eigenvalue weighted by Gasteiger charge is 2.24. The van der Waals surface area contributed by atoms with Crippen LogP contribution < -0.4 is 11.1 Å². The molecule has 24 heavy (non-hydrogen) atoms. The van der Waals surface area contributed by atoms with Crippen LogP contribution in [0.4, 0.5) is 17.3 Å². The number of rotatable bonds is 4. The number of hydrogen-bond donors (Lipinski definition) is 4. The molecule has 0 spiro atoms. The van der Waals surface area contributed by atoms with E-state index in [4.69, 9.17) is 33.5 Å². The van der Waals surface area contributed by atoms with Crippen LogP contribution in [0.5, 0.6) is 0 Å². The minimum atomic E-state index is -4.90.